The van der Waals surface area contributed by atoms with E-state index in [1.807, 2.05) is 24.3 Å². The van der Waals surface area contributed by atoms with Crippen LogP contribution in [0.1, 0.15) is 25.7 Å². The molecule has 0 bridgehead atoms. The summed E-state index contributed by atoms with van der Waals surface area (Å²) in [6, 6.07) is 18.8. The standard InChI is InChI=1S/C18H21NO2S2/c20-23(21,16-11-5-2-6-12-16)19-17-13-7-8-14-18(17)22-15-9-3-1-4-10-15/h1-6,9-12,17-19H,7-8,13-14H2/t17-,18+/m0/s1. The van der Waals surface area contributed by atoms with Crippen LogP contribution in [0.3, 0.4) is 0 Å². The Kier molecular flexibility index (Phi) is 5.41. The molecule has 2 atom stereocenters. The normalized spacial score (nSPS) is 21.9. The minimum atomic E-state index is -3.45. The third-order valence-electron chi connectivity index (χ3n) is 4.09. The Morgan fingerprint density at radius 1 is 0.870 bits per heavy atom. The summed E-state index contributed by atoms with van der Waals surface area (Å²) < 4.78 is 28.1. The number of nitrogens with one attached hydrogen (secondary N) is 1. The van der Waals surface area contributed by atoms with E-state index in [4.69, 9.17) is 0 Å². The van der Waals surface area contributed by atoms with E-state index in [0.29, 0.717) is 4.90 Å². The van der Waals surface area contributed by atoms with Gasteiger partial charge >= 0.3 is 0 Å². The average Bonchev–Trinajstić information content (AvgIpc) is 2.58. The predicted molar refractivity (Wildman–Crippen MR) is 95.1 cm³/mol. The van der Waals surface area contributed by atoms with Crippen molar-refractivity contribution in [3.8, 4) is 0 Å². The highest BCUT2D eigenvalue weighted by Crippen LogP contribution is 2.34. The van der Waals surface area contributed by atoms with E-state index < -0.39 is 10.0 Å². The molecular weight excluding hydrogens is 326 g/mol. The Labute approximate surface area is 142 Å². The maximum absolute atomic E-state index is 12.6. The van der Waals surface area contributed by atoms with Crippen molar-refractivity contribution in [2.75, 3.05) is 0 Å². The average molecular weight is 348 g/mol. The molecule has 0 unspecified atom stereocenters. The van der Waals surface area contributed by atoms with Gasteiger partial charge in [-0.05, 0) is 37.1 Å². The molecule has 0 aromatic heterocycles. The second kappa shape index (κ2) is 7.51. The van der Waals surface area contributed by atoms with Crippen LogP contribution in [0, 0.1) is 0 Å². The first-order valence-electron chi connectivity index (χ1n) is 7.94. The lowest BCUT2D eigenvalue weighted by Crippen LogP contribution is -2.43. The lowest BCUT2D eigenvalue weighted by molar-refractivity contribution is 0.423. The van der Waals surface area contributed by atoms with E-state index in [-0.39, 0.29) is 11.3 Å². The number of sulfonamides is 1. The monoisotopic (exact) mass is 347 g/mol. The first-order valence-corrected chi connectivity index (χ1v) is 10.3. The Morgan fingerprint density at radius 2 is 1.48 bits per heavy atom. The third-order valence-corrected chi connectivity index (χ3v) is 7.01. The van der Waals surface area contributed by atoms with Gasteiger partial charge in [0.25, 0.3) is 0 Å². The van der Waals surface area contributed by atoms with Crippen LogP contribution in [0.25, 0.3) is 0 Å². The van der Waals surface area contributed by atoms with Crippen LogP contribution >= 0.6 is 11.8 Å². The van der Waals surface area contributed by atoms with Crippen molar-refractivity contribution in [1.29, 1.82) is 0 Å². The molecule has 5 heteroatoms. The van der Waals surface area contributed by atoms with E-state index in [2.05, 4.69) is 16.9 Å². The number of rotatable bonds is 5. The molecule has 2 aromatic rings. The summed E-state index contributed by atoms with van der Waals surface area (Å²) >= 11 is 1.78. The van der Waals surface area contributed by atoms with Crippen LogP contribution in [0.2, 0.25) is 0 Å². The van der Waals surface area contributed by atoms with Crippen molar-refractivity contribution < 1.29 is 8.42 Å². The topological polar surface area (TPSA) is 46.2 Å². The van der Waals surface area contributed by atoms with E-state index in [1.54, 1.807) is 36.0 Å². The van der Waals surface area contributed by atoms with Crippen molar-refractivity contribution >= 4 is 21.8 Å². The molecule has 3 nitrogen and oxygen atoms in total. The SMILES string of the molecule is O=S(=O)(N[C@H]1CCCC[C@H]1Sc1ccccc1)c1ccccc1. The molecule has 0 aliphatic heterocycles. The molecule has 1 fully saturated rings. The molecule has 0 spiro atoms. The zero-order valence-corrected chi connectivity index (χ0v) is 14.5. The van der Waals surface area contributed by atoms with Gasteiger partial charge < -0.3 is 0 Å². The summed E-state index contributed by atoms with van der Waals surface area (Å²) in [4.78, 5) is 1.54. The minimum Gasteiger partial charge on any atom is -0.207 e. The molecule has 3 rings (SSSR count). The summed E-state index contributed by atoms with van der Waals surface area (Å²) in [6.45, 7) is 0. The highest BCUT2D eigenvalue weighted by atomic mass is 32.2. The number of hydrogen-bond donors (Lipinski definition) is 1. The van der Waals surface area contributed by atoms with Gasteiger partial charge in [0.05, 0.1) is 4.90 Å². The first-order chi connectivity index (χ1) is 11.1. The van der Waals surface area contributed by atoms with Gasteiger partial charge in [0.1, 0.15) is 0 Å². The zero-order chi connectivity index (χ0) is 16.1. The minimum absolute atomic E-state index is 0.0147. The molecule has 2 aromatic carbocycles. The highest BCUT2D eigenvalue weighted by Gasteiger charge is 2.30. The van der Waals surface area contributed by atoms with Crippen LogP contribution in [-0.2, 0) is 10.0 Å². The summed E-state index contributed by atoms with van der Waals surface area (Å²) in [7, 11) is -3.45. The van der Waals surface area contributed by atoms with Gasteiger partial charge in [-0.15, -0.1) is 11.8 Å². The molecule has 23 heavy (non-hydrogen) atoms. The van der Waals surface area contributed by atoms with Gasteiger partial charge in [-0.1, -0.05) is 49.2 Å². The molecule has 1 aliphatic rings. The van der Waals surface area contributed by atoms with E-state index >= 15 is 0 Å². The summed E-state index contributed by atoms with van der Waals surface area (Å²) in [5.74, 6) is 0. The second-order valence-corrected chi connectivity index (χ2v) is 8.82. The molecular formula is C18H21NO2S2. The molecule has 1 aliphatic carbocycles. The number of thioether (sulfide) groups is 1. The van der Waals surface area contributed by atoms with Gasteiger partial charge in [-0.3, -0.25) is 0 Å². The maximum Gasteiger partial charge on any atom is 0.240 e. The molecule has 1 N–H and O–H groups in total. The van der Waals surface area contributed by atoms with E-state index in [0.717, 1.165) is 25.7 Å². The largest absolute Gasteiger partial charge is 0.240 e. The fourth-order valence-corrected chi connectivity index (χ4v) is 5.65. The van der Waals surface area contributed by atoms with Gasteiger partial charge in [-0.2, -0.15) is 0 Å². The summed E-state index contributed by atoms with van der Waals surface area (Å²) in [6.07, 6.45) is 4.18. The Morgan fingerprint density at radius 3 is 2.17 bits per heavy atom. The van der Waals surface area contributed by atoms with Crippen molar-refractivity contribution in [2.24, 2.45) is 0 Å². The molecule has 1 saturated carbocycles. The fourth-order valence-electron chi connectivity index (χ4n) is 2.91. The van der Waals surface area contributed by atoms with Crippen LogP contribution in [-0.4, -0.2) is 19.7 Å². The highest BCUT2D eigenvalue weighted by molar-refractivity contribution is 8.00. The number of hydrogen-bond acceptors (Lipinski definition) is 3. The van der Waals surface area contributed by atoms with Crippen LogP contribution in [0.5, 0.6) is 0 Å². The second-order valence-electron chi connectivity index (χ2n) is 5.79. The van der Waals surface area contributed by atoms with Gasteiger partial charge in [0, 0.05) is 16.2 Å². The lowest BCUT2D eigenvalue weighted by Gasteiger charge is -2.31. The molecule has 0 amide bonds. The van der Waals surface area contributed by atoms with Crippen LogP contribution in [0.4, 0.5) is 0 Å². The Balaban J connectivity index is 1.74. The van der Waals surface area contributed by atoms with Gasteiger partial charge in [-0.25, -0.2) is 13.1 Å². The van der Waals surface area contributed by atoms with Crippen molar-refractivity contribution in [2.45, 2.75) is 46.8 Å². The smallest absolute Gasteiger partial charge is 0.207 e. The predicted octanol–water partition coefficient (Wildman–Crippen LogP) is 4.07. The number of benzene rings is 2. The van der Waals surface area contributed by atoms with E-state index in [1.165, 1.54) is 4.90 Å². The summed E-state index contributed by atoms with van der Waals surface area (Å²) in [5, 5.41) is 0.282. The van der Waals surface area contributed by atoms with Gasteiger partial charge in [0.2, 0.25) is 10.0 Å². The lowest BCUT2D eigenvalue weighted by atomic mass is 9.96. The van der Waals surface area contributed by atoms with Crippen LogP contribution < -0.4 is 4.72 Å². The van der Waals surface area contributed by atoms with Crippen molar-refractivity contribution in [1.82, 2.24) is 4.72 Å². The summed E-state index contributed by atoms with van der Waals surface area (Å²) in [5.41, 5.74) is 0. The molecule has 122 valence electrons. The maximum atomic E-state index is 12.6. The zero-order valence-electron chi connectivity index (χ0n) is 12.9. The third kappa shape index (κ3) is 4.37. The van der Waals surface area contributed by atoms with Gasteiger partial charge in [0.15, 0.2) is 0 Å². The van der Waals surface area contributed by atoms with Crippen molar-refractivity contribution in [3.05, 3.63) is 60.7 Å². The molecule has 0 saturated heterocycles. The van der Waals surface area contributed by atoms with Crippen molar-refractivity contribution in [3.63, 3.8) is 0 Å². The fraction of sp³-hybridized carbons (Fsp3) is 0.333. The van der Waals surface area contributed by atoms with E-state index in [9.17, 15) is 8.42 Å². The Hall–Kier alpha value is -1.30. The quantitative estimate of drug-likeness (QED) is 0.887. The molecule has 0 heterocycles. The molecule has 0 radical (unpaired) electrons. The van der Waals surface area contributed by atoms with Crippen LogP contribution in [0.15, 0.2) is 70.5 Å². The first kappa shape index (κ1) is 16.6. The Bertz CT molecular complexity index is 717.